The van der Waals surface area contributed by atoms with Crippen molar-refractivity contribution in [2.24, 2.45) is 0 Å². The third kappa shape index (κ3) is 3.42. The molecule has 0 radical (unpaired) electrons. The van der Waals surface area contributed by atoms with E-state index in [1.54, 1.807) is 0 Å². The molecule has 1 aromatic rings. The van der Waals surface area contributed by atoms with Crippen LogP contribution in [-0.4, -0.2) is 70.6 Å². The number of H-pyrrole nitrogens is 1. The summed E-state index contributed by atoms with van der Waals surface area (Å²) in [5.74, 6) is -0.0247. The molecule has 1 aliphatic carbocycles. The summed E-state index contributed by atoms with van der Waals surface area (Å²) < 4.78 is 0. The summed E-state index contributed by atoms with van der Waals surface area (Å²) in [6.45, 7) is 5.04. The van der Waals surface area contributed by atoms with E-state index in [0.717, 1.165) is 43.4 Å². The van der Waals surface area contributed by atoms with Crippen LogP contribution in [0.1, 0.15) is 54.9 Å². The number of amides is 2. The quantitative estimate of drug-likeness (QED) is 0.850. The molecular formula is C18H29N5O2. The average molecular weight is 347 g/mol. The second-order valence-corrected chi connectivity index (χ2v) is 7.99. The molecule has 2 heterocycles. The van der Waals surface area contributed by atoms with Crippen molar-refractivity contribution < 1.29 is 9.59 Å². The maximum atomic E-state index is 13.1. The maximum Gasteiger partial charge on any atom is 0.275 e. The van der Waals surface area contributed by atoms with Crippen LogP contribution in [0.2, 0.25) is 0 Å². The number of aromatic amines is 1. The average Bonchev–Trinajstić information content (AvgIpc) is 3.08. The van der Waals surface area contributed by atoms with Crippen molar-refractivity contribution in [3.63, 3.8) is 0 Å². The fraction of sp³-hybridized carbons (Fsp3) is 0.722. The molecule has 0 spiro atoms. The fourth-order valence-corrected chi connectivity index (χ4v) is 4.01. The van der Waals surface area contributed by atoms with Gasteiger partial charge >= 0.3 is 0 Å². The predicted molar refractivity (Wildman–Crippen MR) is 95.4 cm³/mol. The number of fused-ring (bicyclic) bond motifs is 1. The van der Waals surface area contributed by atoms with Crippen LogP contribution in [0.3, 0.4) is 0 Å². The Bertz CT molecular complexity index is 664. The molecule has 2 N–H and O–H groups in total. The van der Waals surface area contributed by atoms with Crippen LogP contribution < -0.4 is 5.32 Å². The van der Waals surface area contributed by atoms with Gasteiger partial charge in [0.25, 0.3) is 5.91 Å². The largest absolute Gasteiger partial charge is 0.350 e. The molecular weight excluding hydrogens is 318 g/mol. The van der Waals surface area contributed by atoms with Gasteiger partial charge in [0.1, 0.15) is 0 Å². The summed E-state index contributed by atoms with van der Waals surface area (Å²) in [5, 5.41) is 10.5. The molecule has 1 atom stereocenters. The summed E-state index contributed by atoms with van der Waals surface area (Å²) in [4.78, 5) is 29.0. The number of nitrogens with one attached hydrogen (secondary N) is 2. The molecule has 0 bridgehead atoms. The van der Waals surface area contributed by atoms with Crippen molar-refractivity contribution in [2.45, 2.75) is 57.5 Å². The molecule has 0 saturated carbocycles. The van der Waals surface area contributed by atoms with Gasteiger partial charge < -0.3 is 15.1 Å². The Morgan fingerprint density at radius 2 is 2.04 bits per heavy atom. The van der Waals surface area contributed by atoms with E-state index < -0.39 is 5.54 Å². The first kappa shape index (κ1) is 17.9. The minimum atomic E-state index is -0.431. The van der Waals surface area contributed by atoms with E-state index in [2.05, 4.69) is 15.5 Å². The molecule has 2 amide bonds. The highest BCUT2D eigenvalue weighted by atomic mass is 16.2. The van der Waals surface area contributed by atoms with Crippen LogP contribution >= 0.6 is 0 Å². The van der Waals surface area contributed by atoms with Crippen LogP contribution in [0.25, 0.3) is 0 Å². The number of carbonyl (C=O) groups is 2. The number of carbonyl (C=O) groups excluding carboxylic acids is 2. The first-order valence-corrected chi connectivity index (χ1v) is 9.13. The van der Waals surface area contributed by atoms with Gasteiger partial charge in [-0.15, -0.1) is 0 Å². The van der Waals surface area contributed by atoms with Crippen LogP contribution in [-0.2, 0) is 17.6 Å². The molecule has 3 rings (SSSR count). The van der Waals surface area contributed by atoms with Crippen molar-refractivity contribution >= 4 is 11.8 Å². The number of likely N-dealkylation sites (N-methyl/N-ethyl adjacent to an activating group) is 1. The maximum absolute atomic E-state index is 13.1. The predicted octanol–water partition coefficient (Wildman–Crippen LogP) is 0.959. The van der Waals surface area contributed by atoms with Gasteiger partial charge in [0.15, 0.2) is 5.69 Å². The van der Waals surface area contributed by atoms with Crippen LogP contribution in [0.15, 0.2) is 0 Å². The van der Waals surface area contributed by atoms with Gasteiger partial charge in [-0.25, -0.2) is 0 Å². The van der Waals surface area contributed by atoms with E-state index in [-0.39, 0.29) is 17.9 Å². The topological polar surface area (TPSA) is 81.3 Å². The van der Waals surface area contributed by atoms with E-state index in [1.165, 1.54) is 0 Å². The molecule has 1 unspecified atom stereocenters. The van der Waals surface area contributed by atoms with E-state index >= 15 is 0 Å². The summed E-state index contributed by atoms with van der Waals surface area (Å²) in [6, 6.07) is -0.0429. The first-order chi connectivity index (χ1) is 11.8. The Kier molecular flexibility index (Phi) is 4.86. The standard InChI is InChI=1S/C18H29N5O2/c1-18(2)14(19-15(24)11-22(3)4)9-10-23(18)17(25)16-12-7-5-6-8-13(12)20-21-16/h14H,5-11H2,1-4H3,(H,19,24)(H,20,21). The van der Waals surface area contributed by atoms with E-state index in [0.29, 0.717) is 18.8 Å². The van der Waals surface area contributed by atoms with Gasteiger partial charge in [-0.1, -0.05) is 0 Å². The number of hydrogen-bond donors (Lipinski definition) is 2. The molecule has 7 heteroatoms. The molecule has 1 saturated heterocycles. The third-order valence-electron chi connectivity index (χ3n) is 5.49. The van der Waals surface area contributed by atoms with Crippen LogP contribution in [0.5, 0.6) is 0 Å². The monoisotopic (exact) mass is 347 g/mol. The highest BCUT2D eigenvalue weighted by Crippen LogP contribution is 2.32. The summed E-state index contributed by atoms with van der Waals surface area (Å²) in [5.41, 5.74) is 2.34. The smallest absolute Gasteiger partial charge is 0.275 e. The number of likely N-dealkylation sites (tertiary alicyclic amines) is 1. The van der Waals surface area contributed by atoms with Crippen molar-refractivity contribution in [3.05, 3.63) is 17.0 Å². The van der Waals surface area contributed by atoms with Crippen LogP contribution in [0.4, 0.5) is 0 Å². The van der Waals surface area contributed by atoms with Crippen LogP contribution in [0, 0.1) is 0 Å². The van der Waals surface area contributed by atoms with Gasteiger partial charge in [-0.05, 0) is 60.0 Å². The zero-order valence-electron chi connectivity index (χ0n) is 15.7. The molecule has 7 nitrogen and oxygen atoms in total. The Balaban J connectivity index is 1.74. The van der Waals surface area contributed by atoms with E-state index in [1.807, 2.05) is 37.7 Å². The van der Waals surface area contributed by atoms with Gasteiger partial charge in [0.05, 0.1) is 18.1 Å². The Morgan fingerprint density at radius 3 is 2.76 bits per heavy atom. The number of hydrogen-bond acceptors (Lipinski definition) is 4. The molecule has 0 aromatic carbocycles. The summed E-state index contributed by atoms with van der Waals surface area (Å²) >= 11 is 0. The Labute approximate surface area is 149 Å². The third-order valence-corrected chi connectivity index (χ3v) is 5.49. The van der Waals surface area contributed by atoms with Crippen molar-refractivity contribution in [2.75, 3.05) is 27.2 Å². The molecule has 2 aliphatic rings. The normalized spacial score (nSPS) is 22.1. The van der Waals surface area contributed by atoms with Gasteiger partial charge in [-0.2, -0.15) is 5.10 Å². The van der Waals surface area contributed by atoms with Crippen molar-refractivity contribution in [1.29, 1.82) is 0 Å². The Hall–Kier alpha value is -1.89. The second kappa shape index (κ2) is 6.78. The zero-order chi connectivity index (χ0) is 18.2. The lowest BCUT2D eigenvalue weighted by molar-refractivity contribution is -0.122. The summed E-state index contributed by atoms with van der Waals surface area (Å²) in [6.07, 6.45) is 4.92. The van der Waals surface area contributed by atoms with Crippen molar-refractivity contribution in [1.82, 2.24) is 25.3 Å². The molecule has 25 heavy (non-hydrogen) atoms. The second-order valence-electron chi connectivity index (χ2n) is 7.99. The SMILES string of the molecule is CN(C)CC(=O)NC1CCN(C(=O)c2n[nH]c3c2CCCC3)C1(C)C. The number of aryl methyl sites for hydroxylation is 1. The minimum absolute atomic E-state index is 0.00507. The zero-order valence-corrected chi connectivity index (χ0v) is 15.7. The van der Waals surface area contributed by atoms with E-state index in [4.69, 9.17) is 0 Å². The molecule has 138 valence electrons. The highest BCUT2D eigenvalue weighted by Gasteiger charge is 2.45. The van der Waals surface area contributed by atoms with Gasteiger partial charge in [0.2, 0.25) is 5.91 Å². The van der Waals surface area contributed by atoms with Crippen molar-refractivity contribution in [3.8, 4) is 0 Å². The highest BCUT2D eigenvalue weighted by molar-refractivity contribution is 5.95. The first-order valence-electron chi connectivity index (χ1n) is 9.13. The lowest BCUT2D eigenvalue weighted by atomic mass is 9.93. The number of rotatable bonds is 4. The fourth-order valence-electron chi connectivity index (χ4n) is 4.01. The van der Waals surface area contributed by atoms with Gasteiger partial charge in [0, 0.05) is 17.8 Å². The molecule has 1 fully saturated rings. The lowest BCUT2D eigenvalue weighted by Gasteiger charge is -2.36. The van der Waals surface area contributed by atoms with Gasteiger partial charge in [-0.3, -0.25) is 14.7 Å². The molecule has 1 aliphatic heterocycles. The number of nitrogens with zero attached hydrogens (tertiary/aromatic N) is 3. The molecule has 1 aromatic heterocycles. The number of aromatic nitrogens is 2. The lowest BCUT2D eigenvalue weighted by Crippen LogP contribution is -2.55. The minimum Gasteiger partial charge on any atom is -0.350 e. The van der Waals surface area contributed by atoms with E-state index in [9.17, 15) is 9.59 Å². The summed E-state index contributed by atoms with van der Waals surface area (Å²) in [7, 11) is 3.74. The Morgan fingerprint density at radius 1 is 1.32 bits per heavy atom.